The number of hydrogen-bond donors (Lipinski definition) is 1. The van der Waals surface area contributed by atoms with Crippen molar-refractivity contribution in [3.8, 4) is 5.75 Å². The van der Waals surface area contributed by atoms with Gasteiger partial charge in [-0.15, -0.1) is 0 Å². The van der Waals surface area contributed by atoms with Gasteiger partial charge in [-0.3, -0.25) is 4.79 Å². The lowest BCUT2D eigenvalue weighted by Crippen LogP contribution is -2.37. The van der Waals surface area contributed by atoms with Gasteiger partial charge in [0.25, 0.3) is 5.91 Å². The maximum Gasteiger partial charge on any atom is 0.260 e. The van der Waals surface area contributed by atoms with E-state index in [2.05, 4.69) is 5.32 Å². The lowest BCUT2D eigenvalue weighted by atomic mass is 10.3. The van der Waals surface area contributed by atoms with Crippen molar-refractivity contribution in [2.45, 2.75) is 13.0 Å². The van der Waals surface area contributed by atoms with E-state index in [0.717, 1.165) is 0 Å². The van der Waals surface area contributed by atoms with Crippen LogP contribution < -0.4 is 10.1 Å². The van der Waals surface area contributed by atoms with E-state index in [1.54, 1.807) is 38.3 Å². The molecule has 0 aliphatic carbocycles. The minimum absolute atomic E-state index is 0.169. The second-order valence-electron chi connectivity index (χ2n) is 3.50. The number of hydrogen-bond acceptors (Lipinski definition) is 3. The zero-order valence-corrected chi connectivity index (χ0v) is 10.7. The van der Waals surface area contributed by atoms with E-state index in [0.29, 0.717) is 23.9 Å². The van der Waals surface area contributed by atoms with E-state index < -0.39 is 6.10 Å². The Kier molecular flexibility index (Phi) is 5.80. The van der Waals surface area contributed by atoms with Gasteiger partial charge in [0.2, 0.25) is 0 Å². The molecule has 5 heteroatoms. The third kappa shape index (κ3) is 5.06. The molecular formula is C12H16ClNO3. The highest BCUT2D eigenvalue weighted by Crippen LogP contribution is 2.16. The first kappa shape index (κ1) is 13.8. The van der Waals surface area contributed by atoms with Crippen molar-refractivity contribution in [2.24, 2.45) is 0 Å². The van der Waals surface area contributed by atoms with Crippen molar-refractivity contribution in [1.82, 2.24) is 5.32 Å². The lowest BCUT2D eigenvalue weighted by Gasteiger charge is -2.14. The van der Waals surface area contributed by atoms with Gasteiger partial charge in [0, 0.05) is 18.7 Å². The summed E-state index contributed by atoms with van der Waals surface area (Å²) in [6.45, 7) is 2.65. The van der Waals surface area contributed by atoms with Gasteiger partial charge < -0.3 is 14.8 Å². The molecule has 0 aliphatic rings. The molecule has 17 heavy (non-hydrogen) atoms. The molecule has 1 atom stereocenters. The molecule has 1 amide bonds. The zero-order valence-electron chi connectivity index (χ0n) is 9.90. The lowest BCUT2D eigenvalue weighted by molar-refractivity contribution is -0.127. The number of ether oxygens (including phenoxy) is 2. The predicted octanol–water partition coefficient (Wildman–Crippen LogP) is 1.87. The fourth-order valence-electron chi connectivity index (χ4n) is 1.19. The number of methoxy groups -OCH3 is 1. The summed E-state index contributed by atoms with van der Waals surface area (Å²) in [6, 6.07) is 6.88. The first-order valence-electron chi connectivity index (χ1n) is 5.32. The van der Waals surface area contributed by atoms with Crippen LogP contribution in [0.25, 0.3) is 0 Å². The Hall–Kier alpha value is -1.26. The molecule has 1 aromatic rings. The molecule has 0 spiro atoms. The minimum Gasteiger partial charge on any atom is -0.481 e. The van der Waals surface area contributed by atoms with Crippen LogP contribution in [0.3, 0.4) is 0 Å². The molecule has 0 fully saturated rings. The highest BCUT2D eigenvalue weighted by Gasteiger charge is 2.13. The molecule has 0 aromatic heterocycles. The van der Waals surface area contributed by atoms with Gasteiger partial charge >= 0.3 is 0 Å². The molecular weight excluding hydrogens is 242 g/mol. The van der Waals surface area contributed by atoms with Gasteiger partial charge in [-0.1, -0.05) is 11.6 Å². The summed E-state index contributed by atoms with van der Waals surface area (Å²) in [5.74, 6) is 0.445. The molecule has 0 saturated carbocycles. The Balaban J connectivity index is 2.40. The van der Waals surface area contributed by atoms with E-state index in [1.165, 1.54) is 0 Å². The standard InChI is InChI=1S/C12H16ClNO3/c1-9(12(15)14-7-8-16-2)17-11-5-3-10(13)4-6-11/h3-6,9H,7-8H2,1-2H3,(H,14,15)/t9-/m0/s1. The van der Waals surface area contributed by atoms with Crippen molar-refractivity contribution in [2.75, 3.05) is 20.3 Å². The maximum atomic E-state index is 11.6. The number of benzene rings is 1. The molecule has 0 bridgehead atoms. The van der Waals surface area contributed by atoms with Crippen LogP contribution in [0.4, 0.5) is 0 Å². The van der Waals surface area contributed by atoms with Crippen molar-refractivity contribution in [3.63, 3.8) is 0 Å². The van der Waals surface area contributed by atoms with Crippen LogP contribution in [0.1, 0.15) is 6.92 Å². The topological polar surface area (TPSA) is 47.6 Å². The second-order valence-corrected chi connectivity index (χ2v) is 3.93. The van der Waals surface area contributed by atoms with Crippen LogP contribution in [0, 0.1) is 0 Å². The van der Waals surface area contributed by atoms with Gasteiger partial charge in [-0.25, -0.2) is 0 Å². The Morgan fingerprint density at radius 1 is 1.41 bits per heavy atom. The Labute approximate surface area is 106 Å². The number of amides is 1. The first-order valence-corrected chi connectivity index (χ1v) is 5.70. The van der Waals surface area contributed by atoms with Gasteiger partial charge in [0.05, 0.1) is 6.61 Å². The van der Waals surface area contributed by atoms with Gasteiger partial charge in [-0.05, 0) is 31.2 Å². The van der Waals surface area contributed by atoms with Crippen molar-refractivity contribution in [3.05, 3.63) is 29.3 Å². The molecule has 0 heterocycles. The average molecular weight is 258 g/mol. The molecule has 1 N–H and O–H groups in total. The Bertz CT molecular complexity index is 353. The number of halogens is 1. The van der Waals surface area contributed by atoms with Gasteiger partial charge in [0.1, 0.15) is 5.75 Å². The number of carbonyl (C=O) groups excluding carboxylic acids is 1. The largest absolute Gasteiger partial charge is 0.481 e. The average Bonchev–Trinajstić information content (AvgIpc) is 2.32. The van der Waals surface area contributed by atoms with Crippen LogP contribution in [-0.2, 0) is 9.53 Å². The quantitative estimate of drug-likeness (QED) is 0.792. The number of nitrogens with one attached hydrogen (secondary N) is 1. The summed E-state index contributed by atoms with van der Waals surface area (Å²) in [7, 11) is 1.58. The molecule has 0 aliphatic heterocycles. The molecule has 0 unspecified atom stereocenters. The SMILES string of the molecule is COCCNC(=O)[C@H](C)Oc1ccc(Cl)cc1. The smallest absolute Gasteiger partial charge is 0.260 e. The number of rotatable bonds is 6. The normalized spacial score (nSPS) is 11.9. The molecule has 1 rings (SSSR count). The summed E-state index contributed by atoms with van der Waals surface area (Å²) < 4.78 is 10.3. The van der Waals surface area contributed by atoms with Crippen LogP contribution in [-0.4, -0.2) is 32.3 Å². The second kappa shape index (κ2) is 7.14. The fraction of sp³-hybridized carbons (Fsp3) is 0.417. The molecule has 0 radical (unpaired) electrons. The Morgan fingerprint density at radius 3 is 2.65 bits per heavy atom. The van der Waals surface area contributed by atoms with Crippen LogP contribution in [0.5, 0.6) is 5.75 Å². The van der Waals surface area contributed by atoms with Gasteiger partial charge in [-0.2, -0.15) is 0 Å². The van der Waals surface area contributed by atoms with Crippen molar-refractivity contribution in [1.29, 1.82) is 0 Å². The first-order chi connectivity index (χ1) is 8.13. The van der Waals surface area contributed by atoms with Crippen LogP contribution in [0.2, 0.25) is 5.02 Å². The predicted molar refractivity (Wildman–Crippen MR) is 66.4 cm³/mol. The summed E-state index contributed by atoms with van der Waals surface area (Å²) >= 11 is 5.75. The molecule has 4 nitrogen and oxygen atoms in total. The van der Waals surface area contributed by atoms with Crippen LogP contribution in [0.15, 0.2) is 24.3 Å². The molecule has 0 saturated heterocycles. The van der Waals surface area contributed by atoms with E-state index in [9.17, 15) is 4.79 Å². The van der Waals surface area contributed by atoms with Gasteiger partial charge in [0.15, 0.2) is 6.10 Å². The molecule has 94 valence electrons. The summed E-state index contributed by atoms with van der Waals surface area (Å²) in [5.41, 5.74) is 0. The minimum atomic E-state index is -0.548. The summed E-state index contributed by atoms with van der Waals surface area (Å²) in [6.07, 6.45) is -0.548. The monoisotopic (exact) mass is 257 g/mol. The summed E-state index contributed by atoms with van der Waals surface area (Å²) in [4.78, 5) is 11.6. The Morgan fingerprint density at radius 2 is 2.06 bits per heavy atom. The molecule has 1 aromatic carbocycles. The third-order valence-corrected chi connectivity index (χ3v) is 2.35. The third-order valence-electron chi connectivity index (χ3n) is 2.10. The van der Waals surface area contributed by atoms with E-state index in [-0.39, 0.29) is 5.91 Å². The highest BCUT2D eigenvalue weighted by molar-refractivity contribution is 6.30. The van der Waals surface area contributed by atoms with E-state index in [1.807, 2.05) is 0 Å². The van der Waals surface area contributed by atoms with Crippen LogP contribution >= 0.6 is 11.6 Å². The van der Waals surface area contributed by atoms with Crippen molar-refractivity contribution < 1.29 is 14.3 Å². The number of carbonyl (C=O) groups is 1. The van der Waals surface area contributed by atoms with E-state index in [4.69, 9.17) is 21.1 Å². The van der Waals surface area contributed by atoms with E-state index >= 15 is 0 Å². The zero-order chi connectivity index (χ0) is 12.7. The van der Waals surface area contributed by atoms with Crippen molar-refractivity contribution >= 4 is 17.5 Å². The maximum absolute atomic E-state index is 11.6. The highest BCUT2D eigenvalue weighted by atomic mass is 35.5. The summed E-state index contributed by atoms with van der Waals surface area (Å²) in [5, 5.41) is 3.33. The fourth-order valence-corrected chi connectivity index (χ4v) is 1.32.